The van der Waals surface area contributed by atoms with Gasteiger partial charge in [0.25, 0.3) is 6.01 Å². The van der Waals surface area contributed by atoms with Gasteiger partial charge in [0, 0.05) is 20.6 Å². The third kappa shape index (κ3) is 2.62. The van der Waals surface area contributed by atoms with Crippen LogP contribution in [0.2, 0.25) is 0 Å². The van der Waals surface area contributed by atoms with Crippen molar-refractivity contribution >= 4 is 28.7 Å². The van der Waals surface area contributed by atoms with Gasteiger partial charge in [0.05, 0.1) is 5.69 Å². The highest BCUT2D eigenvalue weighted by Crippen LogP contribution is 2.25. The summed E-state index contributed by atoms with van der Waals surface area (Å²) >= 11 is 0. The Morgan fingerprint density at radius 3 is 2.74 bits per heavy atom. The first-order chi connectivity index (χ1) is 9.02. The van der Waals surface area contributed by atoms with Gasteiger partial charge in [0.15, 0.2) is 5.58 Å². The molecule has 0 saturated carbocycles. The van der Waals surface area contributed by atoms with Crippen LogP contribution in [0, 0.1) is 0 Å². The fourth-order valence-electron chi connectivity index (χ4n) is 1.71. The molecule has 0 unspecified atom stereocenters. The molecule has 1 aromatic heterocycles. The van der Waals surface area contributed by atoms with Crippen molar-refractivity contribution in [3.63, 3.8) is 0 Å². The highest BCUT2D eigenvalue weighted by molar-refractivity contribution is 5.87. The molecule has 0 spiro atoms. The number of carbonyl (C=O) groups excluding carboxylic acids is 1. The van der Waals surface area contributed by atoms with Crippen molar-refractivity contribution in [2.75, 3.05) is 37.8 Å². The SMILES string of the molecule is CCN(CC(=O)N(C)C)c1nc2c(N)cccc2o1. The zero-order chi connectivity index (χ0) is 14.0. The van der Waals surface area contributed by atoms with Crippen LogP contribution >= 0.6 is 0 Å². The van der Waals surface area contributed by atoms with Crippen molar-refractivity contribution in [2.45, 2.75) is 6.92 Å². The van der Waals surface area contributed by atoms with Crippen LogP contribution in [0.4, 0.5) is 11.7 Å². The molecule has 1 aromatic carbocycles. The first-order valence-corrected chi connectivity index (χ1v) is 6.13. The van der Waals surface area contributed by atoms with Crippen molar-refractivity contribution in [1.82, 2.24) is 9.88 Å². The first kappa shape index (κ1) is 13.2. The van der Waals surface area contributed by atoms with Gasteiger partial charge < -0.3 is 20.0 Å². The molecule has 6 heteroatoms. The molecule has 2 aromatic rings. The molecule has 0 radical (unpaired) electrons. The number of benzene rings is 1. The lowest BCUT2D eigenvalue weighted by Crippen LogP contribution is -2.36. The van der Waals surface area contributed by atoms with Gasteiger partial charge in [-0.3, -0.25) is 4.79 Å². The Labute approximate surface area is 111 Å². The summed E-state index contributed by atoms with van der Waals surface area (Å²) in [5, 5.41) is 0. The van der Waals surface area contributed by atoms with Gasteiger partial charge in [-0.15, -0.1) is 0 Å². The number of rotatable bonds is 4. The minimum absolute atomic E-state index is 0.00271. The number of amides is 1. The van der Waals surface area contributed by atoms with Crippen LogP contribution in [0.3, 0.4) is 0 Å². The molecule has 0 fully saturated rings. The number of aromatic nitrogens is 1. The number of likely N-dealkylation sites (N-methyl/N-ethyl adjacent to an activating group) is 2. The Balaban J connectivity index is 2.31. The number of nitrogens with zero attached hydrogens (tertiary/aromatic N) is 3. The Bertz CT molecular complexity index is 591. The first-order valence-electron chi connectivity index (χ1n) is 6.13. The van der Waals surface area contributed by atoms with Gasteiger partial charge in [-0.2, -0.15) is 4.98 Å². The third-order valence-electron chi connectivity index (χ3n) is 2.92. The Morgan fingerprint density at radius 2 is 2.16 bits per heavy atom. The van der Waals surface area contributed by atoms with E-state index in [0.717, 1.165) is 0 Å². The van der Waals surface area contributed by atoms with Crippen molar-refractivity contribution in [3.05, 3.63) is 18.2 Å². The summed E-state index contributed by atoms with van der Waals surface area (Å²) < 4.78 is 5.65. The molecule has 102 valence electrons. The molecule has 0 aliphatic heterocycles. The predicted octanol–water partition coefficient (Wildman–Crippen LogP) is 1.32. The second-order valence-electron chi connectivity index (χ2n) is 4.49. The van der Waals surface area contributed by atoms with Crippen LogP contribution in [-0.2, 0) is 4.79 Å². The minimum atomic E-state index is -0.00271. The molecular weight excluding hydrogens is 244 g/mol. The summed E-state index contributed by atoms with van der Waals surface area (Å²) in [6, 6.07) is 5.82. The normalized spacial score (nSPS) is 10.7. The summed E-state index contributed by atoms with van der Waals surface area (Å²) in [6.07, 6.45) is 0. The van der Waals surface area contributed by atoms with Crippen molar-refractivity contribution < 1.29 is 9.21 Å². The highest BCUT2D eigenvalue weighted by Gasteiger charge is 2.17. The van der Waals surface area contributed by atoms with E-state index in [1.165, 1.54) is 0 Å². The fraction of sp³-hybridized carbons (Fsp3) is 0.385. The molecule has 0 aliphatic carbocycles. The number of oxazole rings is 1. The molecule has 2 N–H and O–H groups in total. The smallest absolute Gasteiger partial charge is 0.298 e. The zero-order valence-electron chi connectivity index (χ0n) is 11.4. The summed E-state index contributed by atoms with van der Waals surface area (Å²) in [5.74, 6) is -0.00271. The van der Waals surface area contributed by atoms with E-state index in [9.17, 15) is 4.79 Å². The van der Waals surface area contributed by atoms with Crippen molar-refractivity contribution in [3.8, 4) is 0 Å². The van der Waals surface area contributed by atoms with Gasteiger partial charge in [-0.05, 0) is 19.1 Å². The Hall–Kier alpha value is -2.24. The van der Waals surface area contributed by atoms with Gasteiger partial charge in [-0.1, -0.05) is 6.07 Å². The number of hydrogen-bond donors (Lipinski definition) is 1. The molecule has 0 aliphatic rings. The number of anilines is 2. The summed E-state index contributed by atoms with van der Waals surface area (Å²) in [6.45, 7) is 2.81. The quantitative estimate of drug-likeness (QED) is 0.841. The molecule has 0 bridgehead atoms. The molecule has 2 rings (SSSR count). The maximum atomic E-state index is 11.8. The number of nitrogen functional groups attached to an aromatic ring is 1. The van der Waals surface area contributed by atoms with E-state index in [-0.39, 0.29) is 12.5 Å². The molecule has 19 heavy (non-hydrogen) atoms. The number of nitrogens with two attached hydrogens (primary N) is 1. The number of fused-ring (bicyclic) bond motifs is 1. The summed E-state index contributed by atoms with van der Waals surface area (Å²) in [5.41, 5.74) is 7.68. The Morgan fingerprint density at radius 1 is 1.42 bits per heavy atom. The van der Waals surface area contributed by atoms with Crippen LogP contribution in [-0.4, -0.2) is 43.0 Å². The maximum Gasteiger partial charge on any atom is 0.298 e. The molecular formula is C13H18N4O2. The minimum Gasteiger partial charge on any atom is -0.423 e. The Kier molecular flexibility index (Phi) is 3.59. The lowest BCUT2D eigenvalue weighted by atomic mass is 10.3. The third-order valence-corrected chi connectivity index (χ3v) is 2.92. The van der Waals surface area contributed by atoms with Gasteiger partial charge >= 0.3 is 0 Å². The predicted molar refractivity (Wildman–Crippen MR) is 75.0 cm³/mol. The lowest BCUT2D eigenvalue weighted by Gasteiger charge is -2.20. The second-order valence-corrected chi connectivity index (χ2v) is 4.49. The monoisotopic (exact) mass is 262 g/mol. The van der Waals surface area contributed by atoms with E-state index in [4.69, 9.17) is 10.2 Å². The largest absolute Gasteiger partial charge is 0.423 e. The van der Waals surface area contributed by atoms with Gasteiger partial charge in [0.1, 0.15) is 12.1 Å². The van der Waals surface area contributed by atoms with E-state index >= 15 is 0 Å². The second kappa shape index (κ2) is 5.17. The molecule has 6 nitrogen and oxygen atoms in total. The van der Waals surface area contributed by atoms with Crippen LogP contribution < -0.4 is 10.6 Å². The maximum absolute atomic E-state index is 11.8. The average molecular weight is 262 g/mol. The number of para-hydroxylation sites is 1. The van der Waals surface area contributed by atoms with Crippen LogP contribution in [0.15, 0.2) is 22.6 Å². The number of carbonyl (C=O) groups is 1. The van der Waals surface area contributed by atoms with Crippen molar-refractivity contribution in [2.24, 2.45) is 0 Å². The van der Waals surface area contributed by atoms with E-state index < -0.39 is 0 Å². The molecule has 0 atom stereocenters. The highest BCUT2D eigenvalue weighted by atomic mass is 16.4. The van der Waals surface area contributed by atoms with Crippen LogP contribution in [0.25, 0.3) is 11.1 Å². The summed E-state index contributed by atoms with van der Waals surface area (Å²) in [7, 11) is 3.44. The molecule has 1 amide bonds. The van der Waals surface area contributed by atoms with Gasteiger partial charge in [-0.25, -0.2) is 0 Å². The van der Waals surface area contributed by atoms with Crippen molar-refractivity contribution in [1.29, 1.82) is 0 Å². The molecule has 0 saturated heterocycles. The summed E-state index contributed by atoms with van der Waals surface area (Å²) in [4.78, 5) is 19.4. The van der Waals surface area contributed by atoms with E-state index in [0.29, 0.717) is 29.3 Å². The van der Waals surface area contributed by atoms with E-state index in [1.54, 1.807) is 30.0 Å². The lowest BCUT2D eigenvalue weighted by molar-refractivity contribution is -0.127. The standard InChI is InChI=1S/C13H18N4O2/c1-4-17(8-11(18)16(2)3)13-15-12-9(14)6-5-7-10(12)19-13/h5-7H,4,8,14H2,1-3H3. The van der Waals surface area contributed by atoms with E-state index in [1.807, 2.05) is 19.1 Å². The van der Waals surface area contributed by atoms with E-state index in [2.05, 4.69) is 4.98 Å². The van der Waals surface area contributed by atoms with Crippen LogP contribution in [0.5, 0.6) is 0 Å². The topological polar surface area (TPSA) is 75.6 Å². The number of hydrogen-bond acceptors (Lipinski definition) is 5. The fourth-order valence-corrected chi connectivity index (χ4v) is 1.71. The van der Waals surface area contributed by atoms with Crippen LogP contribution in [0.1, 0.15) is 6.92 Å². The van der Waals surface area contributed by atoms with Gasteiger partial charge in [0.2, 0.25) is 5.91 Å². The molecule has 1 heterocycles. The zero-order valence-corrected chi connectivity index (χ0v) is 11.4. The average Bonchev–Trinajstić information content (AvgIpc) is 2.80.